The molecule has 0 fully saturated rings. The van der Waals surface area contributed by atoms with Crippen LogP contribution in [0.15, 0.2) is 12.7 Å². The van der Waals surface area contributed by atoms with Crippen molar-refractivity contribution < 1.29 is 14.3 Å². The number of carbonyl (C=O) groups is 2. The molecule has 0 aromatic rings. The molecule has 15 heavy (non-hydrogen) atoms. The predicted molar refractivity (Wildman–Crippen MR) is 58.3 cm³/mol. The van der Waals surface area contributed by atoms with E-state index in [4.69, 9.17) is 4.74 Å². The molecule has 0 spiro atoms. The lowest BCUT2D eigenvalue weighted by atomic mass is 10.2. The first-order valence-corrected chi connectivity index (χ1v) is 5.11. The van der Waals surface area contributed by atoms with Crippen molar-refractivity contribution in [2.24, 2.45) is 0 Å². The fourth-order valence-corrected chi connectivity index (χ4v) is 1.19. The zero-order valence-electron chi connectivity index (χ0n) is 9.66. The zero-order valence-corrected chi connectivity index (χ0v) is 9.66. The maximum absolute atomic E-state index is 11.4. The number of hydrogen-bond acceptors (Lipinski definition) is 3. The smallest absolute Gasteiger partial charge is 0.307 e. The molecule has 1 amide bonds. The van der Waals surface area contributed by atoms with E-state index in [1.165, 1.54) is 6.08 Å². The summed E-state index contributed by atoms with van der Waals surface area (Å²) in [5.74, 6) is -0.436. The minimum Gasteiger partial charge on any atom is -0.466 e. The highest BCUT2D eigenvalue weighted by Crippen LogP contribution is 2.02. The summed E-state index contributed by atoms with van der Waals surface area (Å²) in [4.78, 5) is 24.1. The summed E-state index contributed by atoms with van der Waals surface area (Å²) in [5, 5.41) is 0. The lowest BCUT2D eigenvalue weighted by Crippen LogP contribution is -2.37. The maximum Gasteiger partial charge on any atom is 0.307 e. The van der Waals surface area contributed by atoms with E-state index in [2.05, 4.69) is 6.58 Å². The molecule has 0 N–H and O–H groups in total. The second kappa shape index (κ2) is 7.04. The first-order valence-electron chi connectivity index (χ1n) is 5.11. The topological polar surface area (TPSA) is 46.6 Å². The van der Waals surface area contributed by atoms with Crippen molar-refractivity contribution in [2.75, 3.05) is 13.2 Å². The molecule has 0 aromatic heterocycles. The lowest BCUT2D eigenvalue weighted by molar-refractivity contribution is -0.144. The van der Waals surface area contributed by atoms with E-state index < -0.39 is 0 Å². The third-order valence-corrected chi connectivity index (χ3v) is 1.94. The van der Waals surface area contributed by atoms with Crippen molar-refractivity contribution in [3.63, 3.8) is 0 Å². The highest BCUT2D eigenvalue weighted by Gasteiger charge is 2.15. The van der Waals surface area contributed by atoms with Crippen LogP contribution in [0.25, 0.3) is 0 Å². The van der Waals surface area contributed by atoms with Gasteiger partial charge in [-0.05, 0) is 26.8 Å². The van der Waals surface area contributed by atoms with Crippen molar-refractivity contribution >= 4 is 11.9 Å². The molecular weight excluding hydrogens is 194 g/mol. The van der Waals surface area contributed by atoms with Crippen LogP contribution in [0.2, 0.25) is 0 Å². The van der Waals surface area contributed by atoms with Crippen molar-refractivity contribution in [2.45, 2.75) is 33.2 Å². The van der Waals surface area contributed by atoms with Gasteiger partial charge >= 0.3 is 5.97 Å². The number of rotatable bonds is 6. The van der Waals surface area contributed by atoms with Crippen LogP contribution in [0, 0.1) is 0 Å². The summed E-state index contributed by atoms with van der Waals surface area (Å²) in [5.41, 5.74) is 0. The number of hydrogen-bond donors (Lipinski definition) is 0. The molecule has 0 radical (unpaired) electrons. The van der Waals surface area contributed by atoms with Gasteiger partial charge < -0.3 is 9.64 Å². The molecule has 0 unspecified atom stereocenters. The summed E-state index contributed by atoms with van der Waals surface area (Å²) >= 11 is 0. The molecule has 0 saturated carbocycles. The average molecular weight is 213 g/mol. The van der Waals surface area contributed by atoms with Crippen molar-refractivity contribution in [3.05, 3.63) is 12.7 Å². The fourth-order valence-electron chi connectivity index (χ4n) is 1.19. The van der Waals surface area contributed by atoms with E-state index >= 15 is 0 Å². The van der Waals surface area contributed by atoms with Crippen LogP contribution in [0.1, 0.15) is 27.2 Å². The van der Waals surface area contributed by atoms with E-state index in [1.54, 1.807) is 11.8 Å². The number of ether oxygens (including phenoxy) is 1. The quantitative estimate of drug-likeness (QED) is 0.494. The largest absolute Gasteiger partial charge is 0.466 e. The third-order valence-electron chi connectivity index (χ3n) is 1.94. The Kier molecular flexibility index (Phi) is 6.42. The average Bonchev–Trinajstić information content (AvgIpc) is 2.17. The summed E-state index contributed by atoms with van der Waals surface area (Å²) in [6.07, 6.45) is 1.48. The van der Waals surface area contributed by atoms with E-state index in [0.29, 0.717) is 13.2 Å². The van der Waals surface area contributed by atoms with Gasteiger partial charge in [-0.15, -0.1) is 0 Å². The van der Waals surface area contributed by atoms with E-state index in [9.17, 15) is 9.59 Å². The highest BCUT2D eigenvalue weighted by atomic mass is 16.5. The Morgan fingerprint density at radius 2 is 2.07 bits per heavy atom. The van der Waals surface area contributed by atoms with Gasteiger partial charge in [0.2, 0.25) is 5.91 Å². The number of esters is 1. The molecule has 0 aliphatic heterocycles. The Labute approximate surface area is 90.9 Å². The second-order valence-electron chi connectivity index (χ2n) is 3.38. The van der Waals surface area contributed by atoms with Crippen molar-refractivity contribution in [3.8, 4) is 0 Å². The van der Waals surface area contributed by atoms with Gasteiger partial charge in [0.1, 0.15) is 0 Å². The van der Waals surface area contributed by atoms with Crippen LogP contribution in [0.5, 0.6) is 0 Å². The molecule has 0 aliphatic rings. The van der Waals surface area contributed by atoms with Gasteiger partial charge in [0.05, 0.1) is 13.0 Å². The normalized spacial score (nSPS) is 9.87. The van der Waals surface area contributed by atoms with Crippen LogP contribution in [-0.2, 0) is 14.3 Å². The standard InChI is InChI=1S/C11H19NO3/c1-5-10(13)12(9(3)4)8-7-11(14)15-6-2/h5,9H,1,6-8H2,2-4H3. The number of carbonyl (C=O) groups excluding carboxylic acids is 2. The monoisotopic (exact) mass is 213 g/mol. The molecule has 4 nitrogen and oxygen atoms in total. The van der Waals surface area contributed by atoms with Crippen LogP contribution in [-0.4, -0.2) is 36.0 Å². The summed E-state index contributed by atoms with van der Waals surface area (Å²) < 4.78 is 4.78. The van der Waals surface area contributed by atoms with Gasteiger partial charge in [0, 0.05) is 12.6 Å². The van der Waals surface area contributed by atoms with Gasteiger partial charge in [0.15, 0.2) is 0 Å². The van der Waals surface area contributed by atoms with Crippen LogP contribution in [0.4, 0.5) is 0 Å². The molecule has 0 aromatic carbocycles. The van der Waals surface area contributed by atoms with Gasteiger partial charge in [-0.2, -0.15) is 0 Å². The molecule has 0 rings (SSSR count). The highest BCUT2D eigenvalue weighted by molar-refractivity contribution is 5.87. The second-order valence-corrected chi connectivity index (χ2v) is 3.38. The van der Waals surface area contributed by atoms with Gasteiger partial charge in [0.25, 0.3) is 0 Å². The maximum atomic E-state index is 11.4. The van der Waals surface area contributed by atoms with Gasteiger partial charge in [-0.25, -0.2) is 0 Å². The molecule has 0 atom stereocenters. The molecule has 0 heterocycles. The molecule has 4 heteroatoms. The molecule has 0 bridgehead atoms. The minimum atomic E-state index is -0.278. The van der Waals surface area contributed by atoms with E-state index in [0.717, 1.165) is 0 Å². The molecule has 0 aliphatic carbocycles. The number of nitrogens with zero attached hydrogens (tertiary/aromatic N) is 1. The fraction of sp³-hybridized carbons (Fsp3) is 0.636. The third kappa shape index (κ3) is 5.20. The lowest BCUT2D eigenvalue weighted by Gasteiger charge is -2.24. The summed E-state index contributed by atoms with van der Waals surface area (Å²) in [7, 11) is 0. The molecule has 0 saturated heterocycles. The Balaban J connectivity index is 4.13. The van der Waals surface area contributed by atoms with E-state index in [1.807, 2.05) is 13.8 Å². The van der Waals surface area contributed by atoms with Gasteiger partial charge in [-0.1, -0.05) is 6.58 Å². The van der Waals surface area contributed by atoms with Crippen molar-refractivity contribution in [1.29, 1.82) is 0 Å². The van der Waals surface area contributed by atoms with Gasteiger partial charge in [-0.3, -0.25) is 9.59 Å². The number of amides is 1. The Hall–Kier alpha value is -1.32. The minimum absolute atomic E-state index is 0.0601. The molecular formula is C11H19NO3. The Morgan fingerprint density at radius 3 is 2.47 bits per heavy atom. The van der Waals surface area contributed by atoms with Crippen molar-refractivity contribution in [1.82, 2.24) is 4.90 Å². The summed E-state index contributed by atoms with van der Waals surface area (Å²) in [6.45, 7) is 9.71. The molecule has 86 valence electrons. The zero-order chi connectivity index (χ0) is 11.8. The SMILES string of the molecule is C=CC(=O)N(CCC(=O)OCC)C(C)C. The summed E-state index contributed by atoms with van der Waals surface area (Å²) in [6, 6.07) is 0.0601. The Morgan fingerprint density at radius 1 is 1.47 bits per heavy atom. The van der Waals surface area contributed by atoms with E-state index in [-0.39, 0.29) is 24.3 Å². The van der Waals surface area contributed by atoms with Crippen LogP contribution >= 0.6 is 0 Å². The first-order chi connectivity index (χ1) is 7.02. The Bertz CT molecular complexity index is 236. The predicted octanol–water partition coefficient (Wildman–Crippen LogP) is 1.36. The van der Waals surface area contributed by atoms with Crippen LogP contribution < -0.4 is 0 Å². The van der Waals surface area contributed by atoms with Crippen LogP contribution in [0.3, 0.4) is 0 Å². The first kappa shape index (κ1) is 13.7.